The second-order valence-electron chi connectivity index (χ2n) is 5.38. The van der Waals surface area contributed by atoms with Crippen molar-refractivity contribution in [3.8, 4) is 0 Å². The standard InChI is InChI=1S/C17H17FN4O2S2/c1-11(15(23)19-9-12-5-2-3-7-14(12)18)25-17-22-21-16(26-17)20-10-13-6-4-8-24-13/h2-8,11H,9-10H2,1H3,(H,19,23)(H,20,21). The molecule has 2 N–H and O–H groups in total. The number of thioether (sulfide) groups is 1. The highest BCUT2D eigenvalue weighted by atomic mass is 32.2. The van der Waals surface area contributed by atoms with E-state index in [-0.39, 0.29) is 23.5 Å². The monoisotopic (exact) mass is 392 g/mol. The Labute approximate surface area is 158 Å². The molecule has 1 amide bonds. The molecule has 3 aromatic rings. The summed E-state index contributed by atoms with van der Waals surface area (Å²) in [5.41, 5.74) is 0.457. The van der Waals surface area contributed by atoms with Gasteiger partial charge in [-0.3, -0.25) is 4.79 Å². The molecule has 26 heavy (non-hydrogen) atoms. The van der Waals surface area contributed by atoms with Gasteiger partial charge in [-0.1, -0.05) is 41.3 Å². The van der Waals surface area contributed by atoms with Crippen LogP contribution in [0.2, 0.25) is 0 Å². The number of rotatable bonds is 8. The van der Waals surface area contributed by atoms with Crippen LogP contribution in [-0.4, -0.2) is 21.4 Å². The molecule has 1 aromatic carbocycles. The molecule has 6 nitrogen and oxygen atoms in total. The number of nitrogens with zero attached hydrogens (tertiary/aromatic N) is 2. The van der Waals surface area contributed by atoms with Gasteiger partial charge in [0, 0.05) is 12.1 Å². The lowest BCUT2D eigenvalue weighted by Crippen LogP contribution is -2.30. The van der Waals surface area contributed by atoms with Gasteiger partial charge in [-0.05, 0) is 25.1 Å². The van der Waals surface area contributed by atoms with E-state index in [1.807, 2.05) is 12.1 Å². The molecule has 0 aliphatic carbocycles. The maximum absolute atomic E-state index is 13.6. The summed E-state index contributed by atoms with van der Waals surface area (Å²) in [7, 11) is 0. The largest absolute Gasteiger partial charge is 0.467 e. The number of hydrogen-bond acceptors (Lipinski definition) is 7. The summed E-state index contributed by atoms with van der Waals surface area (Å²) in [5.74, 6) is 0.290. The van der Waals surface area contributed by atoms with Crippen LogP contribution >= 0.6 is 23.1 Å². The zero-order chi connectivity index (χ0) is 18.4. The molecule has 0 spiro atoms. The van der Waals surface area contributed by atoms with Crippen LogP contribution in [-0.2, 0) is 17.9 Å². The van der Waals surface area contributed by atoms with Crippen LogP contribution in [0.5, 0.6) is 0 Å². The third kappa shape index (κ3) is 5.06. The number of carbonyl (C=O) groups excluding carboxylic acids is 1. The Bertz CT molecular complexity index is 854. The van der Waals surface area contributed by atoms with Gasteiger partial charge in [0.1, 0.15) is 11.6 Å². The van der Waals surface area contributed by atoms with E-state index in [0.29, 0.717) is 21.6 Å². The van der Waals surface area contributed by atoms with Crippen molar-refractivity contribution >= 4 is 34.1 Å². The highest BCUT2D eigenvalue weighted by Crippen LogP contribution is 2.29. The van der Waals surface area contributed by atoms with Crippen molar-refractivity contribution in [1.29, 1.82) is 0 Å². The molecule has 2 heterocycles. The van der Waals surface area contributed by atoms with E-state index in [9.17, 15) is 9.18 Å². The fraction of sp³-hybridized carbons (Fsp3) is 0.235. The predicted octanol–water partition coefficient (Wildman–Crippen LogP) is 3.68. The van der Waals surface area contributed by atoms with Gasteiger partial charge >= 0.3 is 0 Å². The van der Waals surface area contributed by atoms with Gasteiger partial charge in [0.25, 0.3) is 0 Å². The Morgan fingerprint density at radius 3 is 2.88 bits per heavy atom. The molecule has 0 bridgehead atoms. The summed E-state index contributed by atoms with van der Waals surface area (Å²) < 4.78 is 19.5. The maximum atomic E-state index is 13.6. The minimum absolute atomic E-state index is 0.155. The fourth-order valence-corrected chi connectivity index (χ4v) is 3.99. The molecule has 0 radical (unpaired) electrons. The van der Waals surface area contributed by atoms with E-state index >= 15 is 0 Å². The predicted molar refractivity (Wildman–Crippen MR) is 99.5 cm³/mol. The summed E-state index contributed by atoms with van der Waals surface area (Å²) in [6.07, 6.45) is 1.61. The van der Waals surface area contributed by atoms with Crippen molar-refractivity contribution in [2.24, 2.45) is 0 Å². The van der Waals surface area contributed by atoms with Crippen molar-refractivity contribution in [1.82, 2.24) is 15.5 Å². The maximum Gasteiger partial charge on any atom is 0.233 e. The Balaban J connectivity index is 1.47. The molecule has 3 rings (SSSR count). The minimum Gasteiger partial charge on any atom is -0.467 e. The average molecular weight is 392 g/mol. The van der Waals surface area contributed by atoms with E-state index in [1.54, 1.807) is 31.4 Å². The SMILES string of the molecule is CC(Sc1nnc(NCc2ccco2)s1)C(=O)NCc1ccccc1F. The summed E-state index contributed by atoms with van der Waals surface area (Å²) in [5, 5.41) is 14.3. The molecule has 2 aromatic heterocycles. The van der Waals surface area contributed by atoms with Crippen LogP contribution in [0.15, 0.2) is 51.4 Å². The van der Waals surface area contributed by atoms with Crippen LogP contribution < -0.4 is 10.6 Å². The van der Waals surface area contributed by atoms with E-state index in [4.69, 9.17) is 4.42 Å². The van der Waals surface area contributed by atoms with Crippen molar-refractivity contribution in [2.75, 3.05) is 5.32 Å². The van der Waals surface area contributed by atoms with Crippen LogP contribution in [0.1, 0.15) is 18.2 Å². The molecular weight excluding hydrogens is 375 g/mol. The number of anilines is 1. The smallest absolute Gasteiger partial charge is 0.233 e. The topological polar surface area (TPSA) is 80.1 Å². The second kappa shape index (κ2) is 8.81. The fourth-order valence-electron chi connectivity index (χ4n) is 2.08. The van der Waals surface area contributed by atoms with E-state index < -0.39 is 0 Å². The van der Waals surface area contributed by atoms with E-state index in [1.165, 1.54) is 29.2 Å². The molecule has 0 aliphatic rings. The normalized spacial score (nSPS) is 11.9. The number of benzene rings is 1. The average Bonchev–Trinajstić information content (AvgIpc) is 3.30. The van der Waals surface area contributed by atoms with Crippen molar-refractivity contribution in [3.05, 3.63) is 59.8 Å². The first-order valence-corrected chi connectivity index (χ1v) is 9.59. The minimum atomic E-state index is -0.368. The quantitative estimate of drug-likeness (QED) is 0.569. The lowest BCUT2D eigenvalue weighted by molar-refractivity contribution is -0.120. The summed E-state index contributed by atoms with van der Waals surface area (Å²) in [6.45, 7) is 2.45. The van der Waals surface area contributed by atoms with Crippen LogP contribution in [0.3, 0.4) is 0 Å². The molecule has 136 valence electrons. The number of hydrogen-bond donors (Lipinski definition) is 2. The van der Waals surface area contributed by atoms with Gasteiger partial charge in [0.15, 0.2) is 4.34 Å². The number of nitrogens with one attached hydrogen (secondary N) is 2. The number of aromatic nitrogens is 2. The molecule has 0 saturated carbocycles. The first kappa shape index (κ1) is 18.4. The van der Waals surface area contributed by atoms with Gasteiger partial charge < -0.3 is 15.1 Å². The molecular formula is C17H17FN4O2S2. The number of carbonyl (C=O) groups is 1. The summed E-state index contributed by atoms with van der Waals surface area (Å²) >= 11 is 2.68. The van der Waals surface area contributed by atoms with Crippen molar-refractivity contribution in [3.63, 3.8) is 0 Å². The molecule has 9 heteroatoms. The number of furan rings is 1. The van der Waals surface area contributed by atoms with Gasteiger partial charge in [0.2, 0.25) is 11.0 Å². The van der Waals surface area contributed by atoms with Gasteiger partial charge in [0.05, 0.1) is 18.1 Å². The van der Waals surface area contributed by atoms with Gasteiger partial charge in [-0.15, -0.1) is 10.2 Å². The third-order valence-electron chi connectivity index (χ3n) is 3.46. The number of halogens is 1. The summed E-state index contributed by atoms with van der Waals surface area (Å²) in [6, 6.07) is 10.1. The Morgan fingerprint density at radius 1 is 1.27 bits per heavy atom. The molecule has 0 fully saturated rings. The molecule has 0 saturated heterocycles. The van der Waals surface area contributed by atoms with Gasteiger partial charge in [-0.25, -0.2) is 4.39 Å². The van der Waals surface area contributed by atoms with Crippen LogP contribution in [0.25, 0.3) is 0 Å². The van der Waals surface area contributed by atoms with Crippen molar-refractivity contribution < 1.29 is 13.6 Å². The Kier molecular flexibility index (Phi) is 6.24. The zero-order valence-corrected chi connectivity index (χ0v) is 15.6. The second-order valence-corrected chi connectivity index (χ2v) is 7.94. The lowest BCUT2D eigenvalue weighted by Gasteiger charge is -2.10. The molecule has 1 atom stereocenters. The highest BCUT2D eigenvalue weighted by molar-refractivity contribution is 8.02. The first-order valence-electron chi connectivity index (χ1n) is 7.89. The highest BCUT2D eigenvalue weighted by Gasteiger charge is 2.17. The zero-order valence-electron chi connectivity index (χ0n) is 13.9. The third-order valence-corrected chi connectivity index (χ3v) is 5.52. The Morgan fingerprint density at radius 2 is 2.12 bits per heavy atom. The Hall–Kier alpha value is -2.39. The van der Waals surface area contributed by atoms with Crippen LogP contribution in [0.4, 0.5) is 9.52 Å². The van der Waals surface area contributed by atoms with Crippen molar-refractivity contribution in [2.45, 2.75) is 29.6 Å². The first-order chi connectivity index (χ1) is 12.6. The van der Waals surface area contributed by atoms with E-state index in [0.717, 1.165) is 5.76 Å². The lowest BCUT2D eigenvalue weighted by atomic mass is 10.2. The molecule has 1 unspecified atom stereocenters. The molecule has 0 aliphatic heterocycles. The summed E-state index contributed by atoms with van der Waals surface area (Å²) in [4.78, 5) is 12.2. The van der Waals surface area contributed by atoms with E-state index in [2.05, 4.69) is 20.8 Å². The number of amides is 1. The van der Waals surface area contributed by atoms with Crippen LogP contribution in [0, 0.1) is 5.82 Å². The van der Waals surface area contributed by atoms with Gasteiger partial charge in [-0.2, -0.15) is 0 Å².